The maximum atomic E-state index is 11.5. The second-order valence-corrected chi connectivity index (χ2v) is 3.81. The molecule has 0 aliphatic heterocycles. The number of hydrogen-bond donors (Lipinski definition) is 2. The molecule has 0 fully saturated rings. The van der Waals surface area contributed by atoms with Gasteiger partial charge in [-0.3, -0.25) is 4.79 Å². The van der Waals surface area contributed by atoms with Crippen LogP contribution in [0.1, 0.15) is 12.2 Å². The number of alkyl halides is 1. The van der Waals surface area contributed by atoms with Crippen molar-refractivity contribution < 1.29 is 9.21 Å². The second kappa shape index (κ2) is 8.20. The molecule has 6 heteroatoms. The summed E-state index contributed by atoms with van der Waals surface area (Å²) < 4.78 is 5.10. The summed E-state index contributed by atoms with van der Waals surface area (Å²) in [6.45, 7) is 0.882. The molecular formula is C12H14ClN3O2. The van der Waals surface area contributed by atoms with Crippen LogP contribution < -0.4 is 10.6 Å². The molecule has 0 saturated heterocycles. The maximum absolute atomic E-state index is 11.5. The van der Waals surface area contributed by atoms with Crippen molar-refractivity contribution >= 4 is 17.5 Å². The van der Waals surface area contributed by atoms with Crippen LogP contribution in [0.2, 0.25) is 0 Å². The Labute approximate surface area is 110 Å². The van der Waals surface area contributed by atoms with Gasteiger partial charge in [-0.1, -0.05) is 0 Å². The summed E-state index contributed by atoms with van der Waals surface area (Å²) in [6.07, 6.45) is 3.61. The molecule has 0 spiro atoms. The van der Waals surface area contributed by atoms with E-state index in [0.717, 1.165) is 5.76 Å². The summed E-state index contributed by atoms with van der Waals surface area (Å²) >= 11 is 5.49. The van der Waals surface area contributed by atoms with Crippen molar-refractivity contribution in [2.45, 2.75) is 13.0 Å². The van der Waals surface area contributed by atoms with Crippen LogP contribution in [0.15, 0.2) is 34.6 Å². The van der Waals surface area contributed by atoms with Crippen molar-refractivity contribution in [2.24, 2.45) is 0 Å². The van der Waals surface area contributed by atoms with Gasteiger partial charge in [0, 0.05) is 18.6 Å². The van der Waals surface area contributed by atoms with Crippen LogP contribution in [-0.4, -0.2) is 18.3 Å². The van der Waals surface area contributed by atoms with E-state index in [1.54, 1.807) is 18.4 Å². The summed E-state index contributed by atoms with van der Waals surface area (Å²) in [5, 5.41) is 14.3. The van der Waals surface area contributed by atoms with E-state index in [1.165, 1.54) is 6.20 Å². The molecular weight excluding hydrogens is 254 g/mol. The highest BCUT2D eigenvalue weighted by Gasteiger charge is 2.07. The molecule has 0 atom stereocenters. The minimum absolute atomic E-state index is 0.0242. The summed E-state index contributed by atoms with van der Waals surface area (Å²) in [5.41, 5.74) is 0.0242. The number of hydrogen-bond acceptors (Lipinski definition) is 4. The van der Waals surface area contributed by atoms with Gasteiger partial charge >= 0.3 is 0 Å². The van der Waals surface area contributed by atoms with Gasteiger partial charge in [-0.25, -0.2) is 0 Å². The SMILES string of the molecule is N#C/C(=C/NCc1ccco1)C(=O)NCCCCl. The topological polar surface area (TPSA) is 78.1 Å². The standard InChI is InChI=1S/C12H14ClN3O2/c13-4-2-5-16-12(17)10(7-14)8-15-9-11-3-1-6-18-11/h1,3,6,8,15H,2,4-5,9H2,(H,16,17)/b10-8-. The van der Waals surface area contributed by atoms with Crippen LogP contribution in [0, 0.1) is 11.3 Å². The molecule has 2 N–H and O–H groups in total. The highest BCUT2D eigenvalue weighted by atomic mass is 35.5. The van der Waals surface area contributed by atoms with Crippen LogP contribution in [-0.2, 0) is 11.3 Å². The molecule has 1 aromatic rings. The zero-order chi connectivity index (χ0) is 13.2. The lowest BCUT2D eigenvalue weighted by molar-refractivity contribution is -0.117. The van der Waals surface area contributed by atoms with Crippen LogP contribution in [0.4, 0.5) is 0 Å². The molecule has 0 bridgehead atoms. The molecule has 1 aromatic heterocycles. The number of carbonyl (C=O) groups is 1. The smallest absolute Gasteiger partial charge is 0.263 e. The fraction of sp³-hybridized carbons (Fsp3) is 0.333. The molecule has 0 saturated carbocycles. The third-order valence-electron chi connectivity index (χ3n) is 2.06. The number of amides is 1. The molecule has 0 radical (unpaired) electrons. The molecule has 0 aromatic carbocycles. The Balaban J connectivity index is 2.39. The largest absolute Gasteiger partial charge is 0.467 e. The summed E-state index contributed by atoms with van der Waals surface area (Å²) in [5.74, 6) is 0.795. The second-order valence-electron chi connectivity index (χ2n) is 3.43. The van der Waals surface area contributed by atoms with E-state index in [4.69, 9.17) is 21.3 Å². The number of nitrogens with one attached hydrogen (secondary N) is 2. The fourth-order valence-corrected chi connectivity index (χ4v) is 1.31. The molecule has 5 nitrogen and oxygen atoms in total. The number of nitriles is 1. The third-order valence-corrected chi connectivity index (χ3v) is 2.33. The van der Waals surface area contributed by atoms with Gasteiger partial charge in [0.25, 0.3) is 5.91 Å². The first-order valence-corrected chi connectivity index (χ1v) is 6.01. The number of halogens is 1. The van der Waals surface area contributed by atoms with E-state index >= 15 is 0 Å². The van der Waals surface area contributed by atoms with Crippen molar-refractivity contribution in [3.8, 4) is 6.07 Å². The van der Waals surface area contributed by atoms with Crippen molar-refractivity contribution in [3.63, 3.8) is 0 Å². The van der Waals surface area contributed by atoms with E-state index in [-0.39, 0.29) is 5.57 Å². The van der Waals surface area contributed by atoms with Crippen LogP contribution in [0.3, 0.4) is 0 Å². The molecule has 1 rings (SSSR count). The zero-order valence-corrected chi connectivity index (χ0v) is 10.5. The van der Waals surface area contributed by atoms with Crippen molar-refractivity contribution in [1.29, 1.82) is 5.26 Å². The summed E-state index contributed by atoms with van der Waals surface area (Å²) in [6, 6.07) is 5.40. The van der Waals surface area contributed by atoms with E-state index in [1.807, 2.05) is 6.07 Å². The monoisotopic (exact) mass is 267 g/mol. The Morgan fingerprint density at radius 2 is 2.44 bits per heavy atom. The van der Waals surface area contributed by atoms with Gasteiger partial charge in [-0.15, -0.1) is 11.6 Å². The van der Waals surface area contributed by atoms with Gasteiger partial charge in [0.05, 0.1) is 12.8 Å². The lowest BCUT2D eigenvalue weighted by Crippen LogP contribution is -2.26. The third kappa shape index (κ3) is 4.93. The van der Waals surface area contributed by atoms with Gasteiger partial charge in [0.15, 0.2) is 0 Å². The van der Waals surface area contributed by atoms with E-state index in [9.17, 15) is 4.79 Å². The number of carbonyl (C=O) groups excluding carboxylic acids is 1. The van der Waals surface area contributed by atoms with Gasteiger partial charge in [-0.2, -0.15) is 5.26 Å². The van der Waals surface area contributed by atoms with Crippen molar-refractivity contribution in [1.82, 2.24) is 10.6 Å². The number of rotatable bonds is 7. The average Bonchev–Trinajstić information content (AvgIpc) is 2.88. The van der Waals surface area contributed by atoms with Crippen LogP contribution in [0.25, 0.3) is 0 Å². The number of nitrogens with zero attached hydrogens (tertiary/aromatic N) is 1. The first-order chi connectivity index (χ1) is 8.77. The van der Waals surface area contributed by atoms with E-state index in [0.29, 0.717) is 25.4 Å². The number of furan rings is 1. The molecule has 96 valence electrons. The Kier molecular flexibility index (Phi) is 6.44. The van der Waals surface area contributed by atoms with Gasteiger partial charge in [0.1, 0.15) is 17.4 Å². The van der Waals surface area contributed by atoms with Gasteiger partial charge < -0.3 is 15.1 Å². The first kappa shape index (κ1) is 14.1. The van der Waals surface area contributed by atoms with Crippen molar-refractivity contribution in [2.75, 3.05) is 12.4 Å². The normalized spacial score (nSPS) is 10.8. The Morgan fingerprint density at radius 1 is 1.61 bits per heavy atom. The minimum Gasteiger partial charge on any atom is -0.467 e. The zero-order valence-electron chi connectivity index (χ0n) is 9.78. The summed E-state index contributed by atoms with van der Waals surface area (Å²) in [4.78, 5) is 11.5. The summed E-state index contributed by atoms with van der Waals surface area (Å²) in [7, 11) is 0. The lowest BCUT2D eigenvalue weighted by atomic mass is 10.3. The Morgan fingerprint density at radius 3 is 3.06 bits per heavy atom. The lowest BCUT2D eigenvalue weighted by Gasteiger charge is -2.03. The average molecular weight is 268 g/mol. The van der Waals surface area contributed by atoms with Gasteiger partial charge in [-0.05, 0) is 18.6 Å². The highest BCUT2D eigenvalue weighted by Crippen LogP contribution is 1.99. The predicted molar refractivity (Wildman–Crippen MR) is 67.6 cm³/mol. The Bertz CT molecular complexity index is 435. The fourth-order valence-electron chi connectivity index (χ4n) is 1.18. The molecule has 18 heavy (non-hydrogen) atoms. The van der Waals surface area contributed by atoms with Crippen molar-refractivity contribution in [3.05, 3.63) is 35.9 Å². The molecule has 0 unspecified atom stereocenters. The molecule has 0 aliphatic rings. The quantitative estimate of drug-likeness (QED) is 0.340. The highest BCUT2D eigenvalue weighted by molar-refractivity contribution is 6.17. The van der Waals surface area contributed by atoms with Gasteiger partial charge in [0.2, 0.25) is 0 Å². The first-order valence-electron chi connectivity index (χ1n) is 5.48. The minimum atomic E-state index is -0.408. The molecule has 1 heterocycles. The Hall–Kier alpha value is -1.93. The molecule has 1 amide bonds. The van der Waals surface area contributed by atoms with E-state index in [2.05, 4.69) is 10.6 Å². The van der Waals surface area contributed by atoms with Crippen LogP contribution in [0.5, 0.6) is 0 Å². The maximum Gasteiger partial charge on any atom is 0.263 e. The molecule has 0 aliphatic carbocycles. The van der Waals surface area contributed by atoms with Crippen LogP contribution >= 0.6 is 11.6 Å². The van der Waals surface area contributed by atoms with E-state index < -0.39 is 5.91 Å². The predicted octanol–water partition coefficient (Wildman–Crippen LogP) is 1.52.